The maximum atomic E-state index is 12.5. The normalized spacial score (nSPS) is 20.6. The molecule has 0 radical (unpaired) electrons. The molecular weight excluding hydrogens is 280 g/mol. The molecule has 2 aliphatic rings. The zero-order valence-electron chi connectivity index (χ0n) is 13.0. The van der Waals surface area contributed by atoms with Crippen molar-refractivity contribution in [1.82, 2.24) is 4.90 Å². The maximum absolute atomic E-state index is 12.5. The summed E-state index contributed by atoms with van der Waals surface area (Å²) in [6.45, 7) is 5.06. The quantitative estimate of drug-likeness (QED) is 0.827. The predicted octanol–water partition coefficient (Wildman–Crippen LogP) is 1.46. The van der Waals surface area contributed by atoms with Crippen molar-refractivity contribution >= 4 is 17.5 Å². The molecule has 0 unspecified atom stereocenters. The number of para-hydroxylation sites is 1. The Morgan fingerprint density at radius 2 is 2.18 bits per heavy atom. The highest BCUT2D eigenvalue weighted by Crippen LogP contribution is 2.28. The zero-order valence-corrected chi connectivity index (χ0v) is 13.0. The van der Waals surface area contributed by atoms with Gasteiger partial charge in [0.1, 0.15) is 6.54 Å². The first-order valence-electron chi connectivity index (χ1n) is 7.92. The molecule has 1 saturated heterocycles. The SMILES string of the molecule is CCOC[C@@H]1CCN(C(=O)CN2C(=O)Cc3ccccc32)C1. The van der Waals surface area contributed by atoms with Crippen molar-refractivity contribution in [2.24, 2.45) is 5.92 Å². The number of ether oxygens (including phenoxy) is 1. The minimum absolute atomic E-state index is 0.0135. The summed E-state index contributed by atoms with van der Waals surface area (Å²) in [5.41, 5.74) is 1.89. The molecule has 1 aromatic carbocycles. The van der Waals surface area contributed by atoms with Crippen LogP contribution in [0.4, 0.5) is 5.69 Å². The summed E-state index contributed by atoms with van der Waals surface area (Å²) in [5, 5.41) is 0. The van der Waals surface area contributed by atoms with E-state index in [4.69, 9.17) is 4.74 Å². The summed E-state index contributed by atoms with van der Waals surface area (Å²) in [6.07, 6.45) is 1.38. The highest BCUT2D eigenvalue weighted by Gasteiger charge is 2.32. The molecule has 118 valence electrons. The smallest absolute Gasteiger partial charge is 0.242 e. The molecule has 1 aromatic rings. The van der Waals surface area contributed by atoms with Crippen molar-refractivity contribution in [1.29, 1.82) is 0 Å². The number of carbonyl (C=O) groups excluding carboxylic acids is 2. The number of hydrogen-bond donors (Lipinski definition) is 0. The van der Waals surface area contributed by atoms with Gasteiger partial charge in [0.05, 0.1) is 13.0 Å². The van der Waals surface area contributed by atoms with Crippen LogP contribution >= 0.6 is 0 Å². The van der Waals surface area contributed by atoms with Gasteiger partial charge in [0.2, 0.25) is 11.8 Å². The predicted molar refractivity (Wildman–Crippen MR) is 83.7 cm³/mol. The molecule has 2 amide bonds. The monoisotopic (exact) mass is 302 g/mol. The van der Waals surface area contributed by atoms with Crippen molar-refractivity contribution in [2.45, 2.75) is 19.8 Å². The van der Waals surface area contributed by atoms with Gasteiger partial charge in [-0.05, 0) is 25.0 Å². The lowest BCUT2D eigenvalue weighted by Gasteiger charge is -2.22. The van der Waals surface area contributed by atoms with E-state index in [1.165, 1.54) is 0 Å². The molecule has 0 saturated carbocycles. The van der Waals surface area contributed by atoms with Gasteiger partial charge in [0.15, 0.2) is 0 Å². The summed E-state index contributed by atoms with van der Waals surface area (Å²) >= 11 is 0. The topological polar surface area (TPSA) is 49.9 Å². The van der Waals surface area contributed by atoms with Crippen LogP contribution in [0, 0.1) is 5.92 Å². The largest absolute Gasteiger partial charge is 0.381 e. The van der Waals surface area contributed by atoms with Gasteiger partial charge in [-0.2, -0.15) is 0 Å². The Morgan fingerprint density at radius 3 is 3.00 bits per heavy atom. The first kappa shape index (κ1) is 15.0. The minimum Gasteiger partial charge on any atom is -0.381 e. The van der Waals surface area contributed by atoms with Crippen LogP contribution in [-0.4, -0.2) is 49.6 Å². The number of amides is 2. The van der Waals surface area contributed by atoms with Crippen molar-refractivity contribution in [3.63, 3.8) is 0 Å². The molecule has 22 heavy (non-hydrogen) atoms. The summed E-state index contributed by atoms with van der Waals surface area (Å²) in [7, 11) is 0. The van der Waals surface area contributed by atoms with Crippen LogP contribution < -0.4 is 4.90 Å². The number of nitrogens with zero attached hydrogens (tertiary/aromatic N) is 2. The molecule has 0 bridgehead atoms. The first-order chi connectivity index (χ1) is 10.7. The summed E-state index contributed by atoms with van der Waals surface area (Å²) in [5.74, 6) is 0.467. The third-order valence-corrected chi connectivity index (χ3v) is 4.41. The van der Waals surface area contributed by atoms with Crippen molar-refractivity contribution in [3.8, 4) is 0 Å². The van der Waals surface area contributed by atoms with E-state index < -0.39 is 0 Å². The van der Waals surface area contributed by atoms with Crippen LogP contribution in [0.15, 0.2) is 24.3 Å². The second-order valence-electron chi connectivity index (χ2n) is 5.94. The molecule has 2 heterocycles. The Bertz CT molecular complexity index is 573. The van der Waals surface area contributed by atoms with Crippen molar-refractivity contribution in [2.75, 3.05) is 37.7 Å². The fraction of sp³-hybridized carbons (Fsp3) is 0.529. The number of hydrogen-bond acceptors (Lipinski definition) is 3. The first-order valence-corrected chi connectivity index (χ1v) is 7.92. The van der Waals surface area contributed by atoms with Crippen LogP contribution in [0.25, 0.3) is 0 Å². The minimum atomic E-state index is 0.0135. The van der Waals surface area contributed by atoms with Gasteiger partial charge in [-0.1, -0.05) is 18.2 Å². The molecule has 1 atom stereocenters. The summed E-state index contributed by atoms with van der Waals surface area (Å²) < 4.78 is 5.44. The van der Waals surface area contributed by atoms with Crippen molar-refractivity contribution < 1.29 is 14.3 Å². The van der Waals surface area contributed by atoms with E-state index in [0.717, 1.165) is 30.8 Å². The Morgan fingerprint density at radius 1 is 1.36 bits per heavy atom. The number of rotatable bonds is 5. The number of anilines is 1. The van der Waals surface area contributed by atoms with Gasteiger partial charge in [0.25, 0.3) is 0 Å². The lowest BCUT2D eigenvalue weighted by atomic mass is 10.1. The van der Waals surface area contributed by atoms with Gasteiger partial charge in [-0.3, -0.25) is 9.59 Å². The van der Waals surface area contributed by atoms with Crippen LogP contribution in [0.2, 0.25) is 0 Å². The number of likely N-dealkylation sites (tertiary alicyclic amines) is 1. The van der Waals surface area contributed by atoms with Crippen LogP contribution in [0.5, 0.6) is 0 Å². The molecule has 0 aromatic heterocycles. The van der Waals surface area contributed by atoms with Crippen LogP contribution in [-0.2, 0) is 20.7 Å². The number of carbonyl (C=O) groups is 2. The molecule has 5 nitrogen and oxygen atoms in total. The van der Waals surface area contributed by atoms with Gasteiger partial charge in [0, 0.05) is 31.3 Å². The Kier molecular flexibility index (Phi) is 4.43. The van der Waals surface area contributed by atoms with Crippen LogP contribution in [0.3, 0.4) is 0 Å². The summed E-state index contributed by atoms with van der Waals surface area (Å²) in [6, 6.07) is 7.69. The van der Waals surface area contributed by atoms with E-state index in [1.807, 2.05) is 36.1 Å². The second kappa shape index (κ2) is 6.48. The van der Waals surface area contributed by atoms with E-state index >= 15 is 0 Å². The highest BCUT2D eigenvalue weighted by atomic mass is 16.5. The van der Waals surface area contributed by atoms with Gasteiger partial charge in [-0.25, -0.2) is 0 Å². The zero-order chi connectivity index (χ0) is 15.5. The third-order valence-electron chi connectivity index (χ3n) is 4.41. The Labute approximate surface area is 130 Å². The number of benzene rings is 1. The average Bonchev–Trinajstić information content (AvgIpc) is 3.11. The van der Waals surface area contributed by atoms with E-state index in [9.17, 15) is 9.59 Å². The number of fused-ring (bicyclic) bond motifs is 1. The average molecular weight is 302 g/mol. The lowest BCUT2D eigenvalue weighted by molar-refractivity contribution is -0.130. The third kappa shape index (κ3) is 2.99. The lowest BCUT2D eigenvalue weighted by Crippen LogP contribution is -2.40. The second-order valence-corrected chi connectivity index (χ2v) is 5.94. The van der Waals surface area contributed by atoms with Gasteiger partial charge in [-0.15, -0.1) is 0 Å². The van der Waals surface area contributed by atoms with Crippen molar-refractivity contribution in [3.05, 3.63) is 29.8 Å². The fourth-order valence-electron chi connectivity index (χ4n) is 3.20. The molecule has 0 N–H and O–H groups in total. The fourth-order valence-corrected chi connectivity index (χ4v) is 3.20. The maximum Gasteiger partial charge on any atom is 0.242 e. The Balaban J connectivity index is 1.60. The Hall–Kier alpha value is -1.88. The van der Waals surface area contributed by atoms with E-state index in [1.54, 1.807) is 4.90 Å². The highest BCUT2D eigenvalue weighted by molar-refractivity contribution is 6.04. The van der Waals surface area contributed by atoms with E-state index in [2.05, 4.69) is 0 Å². The standard InChI is InChI=1S/C17H22N2O3/c1-2-22-12-13-7-8-18(10-13)17(21)11-19-15-6-4-3-5-14(15)9-16(19)20/h3-6,13H,2,7-12H2,1H3/t13-/m1/s1. The van der Waals surface area contributed by atoms with Gasteiger partial charge < -0.3 is 14.5 Å². The van der Waals surface area contributed by atoms with Gasteiger partial charge >= 0.3 is 0 Å². The molecule has 3 rings (SSSR count). The summed E-state index contributed by atoms with van der Waals surface area (Å²) in [4.78, 5) is 28.1. The molecule has 1 fully saturated rings. The van der Waals surface area contributed by atoms with E-state index in [0.29, 0.717) is 25.6 Å². The van der Waals surface area contributed by atoms with Crippen LogP contribution in [0.1, 0.15) is 18.9 Å². The molecule has 0 aliphatic carbocycles. The molecule has 5 heteroatoms. The molecular formula is C17H22N2O3. The molecule has 0 spiro atoms. The molecule has 2 aliphatic heterocycles. The van der Waals surface area contributed by atoms with E-state index in [-0.39, 0.29) is 18.4 Å².